The van der Waals surface area contributed by atoms with E-state index < -0.39 is 15.8 Å². The molecule has 1 heterocycles. The second kappa shape index (κ2) is 6.51. The molecule has 1 atom stereocenters. The fraction of sp³-hybridized carbons (Fsp3) is 0.200. The first kappa shape index (κ1) is 17.8. The van der Waals surface area contributed by atoms with E-state index in [0.29, 0.717) is 17.8 Å². The lowest BCUT2D eigenvalue weighted by Gasteiger charge is -2.14. The van der Waals surface area contributed by atoms with E-state index in [9.17, 15) is 17.9 Å². The zero-order valence-electron chi connectivity index (χ0n) is 14.7. The second-order valence-electron chi connectivity index (χ2n) is 6.56. The van der Waals surface area contributed by atoms with Gasteiger partial charge in [0.2, 0.25) is 0 Å². The molecule has 1 aliphatic rings. The Morgan fingerprint density at radius 3 is 2.63 bits per heavy atom. The van der Waals surface area contributed by atoms with Crippen LogP contribution in [0, 0.1) is 5.82 Å². The molecule has 7 heteroatoms. The second-order valence-corrected chi connectivity index (χ2v) is 8.34. The van der Waals surface area contributed by atoms with Gasteiger partial charge in [0.05, 0.1) is 10.6 Å². The number of phenolic OH excluding ortho intramolecular Hbond substituents is 1. The molecule has 4 rings (SSSR count). The van der Waals surface area contributed by atoms with Crippen LogP contribution < -0.4 is 5.32 Å². The third kappa shape index (κ3) is 2.83. The first-order chi connectivity index (χ1) is 12.9. The van der Waals surface area contributed by atoms with Crippen LogP contribution in [0.2, 0.25) is 0 Å². The molecule has 1 unspecified atom stereocenters. The molecule has 27 heavy (non-hydrogen) atoms. The molecule has 3 aromatic rings. The lowest BCUT2D eigenvalue weighted by molar-refractivity contribution is 0.473. The van der Waals surface area contributed by atoms with Crippen molar-refractivity contribution < 1.29 is 17.9 Å². The van der Waals surface area contributed by atoms with Gasteiger partial charge in [0.1, 0.15) is 11.6 Å². The average molecular weight is 386 g/mol. The molecule has 0 aliphatic heterocycles. The number of rotatable bonds is 4. The number of aromatic hydroxyl groups is 1. The lowest BCUT2D eigenvalue weighted by Crippen LogP contribution is -2.17. The summed E-state index contributed by atoms with van der Waals surface area (Å²) in [5.41, 5.74) is 2.03. The molecule has 0 spiro atoms. The van der Waals surface area contributed by atoms with Crippen molar-refractivity contribution >= 4 is 10.0 Å². The van der Waals surface area contributed by atoms with Gasteiger partial charge in [-0.2, -0.15) is 0 Å². The first-order valence-electron chi connectivity index (χ1n) is 8.65. The van der Waals surface area contributed by atoms with Crippen LogP contribution in [-0.2, 0) is 16.4 Å². The minimum Gasteiger partial charge on any atom is -0.508 e. The molecule has 0 saturated carbocycles. The van der Waals surface area contributed by atoms with Crippen LogP contribution in [0.25, 0.3) is 11.3 Å². The van der Waals surface area contributed by atoms with Gasteiger partial charge in [-0.25, -0.2) is 16.8 Å². The summed E-state index contributed by atoms with van der Waals surface area (Å²) in [6.45, 7) is 0. The standard InChI is InChI=1S/C20H19FN2O3S/c1-22-18-9-10-19-16(18)12-20(15-7-2-3-8-17(15)21)23(19)27(25,26)14-6-4-5-13(24)11-14/h2-8,11-12,18,22,24H,9-10H2,1H3. The highest BCUT2D eigenvalue weighted by atomic mass is 32.2. The topological polar surface area (TPSA) is 71.3 Å². The summed E-state index contributed by atoms with van der Waals surface area (Å²) in [4.78, 5) is -0.0357. The molecule has 0 radical (unpaired) electrons. The van der Waals surface area contributed by atoms with Crippen LogP contribution in [0.15, 0.2) is 59.5 Å². The number of aromatic nitrogens is 1. The molecule has 0 fully saturated rings. The molecule has 1 aromatic heterocycles. The minimum atomic E-state index is -4.01. The normalized spacial score (nSPS) is 16.4. The van der Waals surface area contributed by atoms with Gasteiger partial charge >= 0.3 is 0 Å². The Balaban J connectivity index is 2.01. The quantitative estimate of drug-likeness (QED) is 0.721. The van der Waals surface area contributed by atoms with Crippen molar-refractivity contribution in [2.24, 2.45) is 0 Å². The summed E-state index contributed by atoms with van der Waals surface area (Å²) >= 11 is 0. The predicted octanol–water partition coefficient (Wildman–Crippen LogP) is 3.44. The van der Waals surface area contributed by atoms with Gasteiger partial charge in [0.25, 0.3) is 10.0 Å². The molecule has 140 valence electrons. The Bertz CT molecular complexity index is 1120. The number of phenols is 1. The van der Waals surface area contributed by atoms with Crippen molar-refractivity contribution in [2.75, 3.05) is 7.05 Å². The van der Waals surface area contributed by atoms with Crippen LogP contribution in [0.1, 0.15) is 23.7 Å². The van der Waals surface area contributed by atoms with Crippen LogP contribution in [0.4, 0.5) is 4.39 Å². The van der Waals surface area contributed by atoms with Gasteiger partial charge in [-0.3, -0.25) is 0 Å². The van der Waals surface area contributed by atoms with Gasteiger partial charge in [0.15, 0.2) is 0 Å². The Morgan fingerprint density at radius 1 is 1.15 bits per heavy atom. The van der Waals surface area contributed by atoms with E-state index in [1.807, 2.05) is 7.05 Å². The molecule has 2 aromatic carbocycles. The lowest BCUT2D eigenvalue weighted by atomic mass is 10.1. The SMILES string of the molecule is CNC1CCc2c1cc(-c1ccccc1F)n2S(=O)(=O)c1cccc(O)c1. The van der Waals surface area contributed by atoms with Crippen molar-refractivity contribution in [3.63, 3.8) is 0 Å². The molecule has 0 bridgehead atoms. The summed E-state index contributed by atoms with van der Waals surface area (Å²) < 4.78 is 42.5. The van der Waals surface area contributed by atoms with Crippen LogP contribution in [-0.4, -0.2) is 24.5 Å². The van der Waals surface area contributed by atoms with Gasteiger partial charge < -0.3 is 10.4 Å². The largest absolute Gasteiger partial charge is 0.508 e. The van der Waals surface area contributed by atoms with Crippen molar-refractivity contribution in [3.8, 4) is 17.0 Å². The maximum atomic E-state index is 14.5. The molecule has 2 N–H and O–H groups in total. The zero-order valence-corrected chi connectivity index (χ0v) is 15.5. The highest BCUT2D eigenvalue weighted by Gasteiger charge is 2.33. The number of nitrogens with one attached hydrogen (secondary N) is 1. The number of hydrogen-bond acceptors (Lipinski definition) is 4. The summed E-state index contributed by atoms with van der Waals surface area (Å²) in [6.07, 6.45) is 1.33. The van der Waals surface area contributed by atoms with Crippen molar-refractivity contribution in [1.29, 1.82) is 0 Å². The monoisotopic (exact) mass is 386 g/mol. The molecule has 0 saturated heterocycles. The molecular weight excluding hydrogens is 367 g/mol. The van der Waals surface area contributed by atoms with E-state index >= 15 is 0 Å². The number of nitrogens with zero attached hydrogens (tertiary/aromatic N) is 1. The zero-order chi connectivity index (χ0) is 19.2. The van der Waals surface area contributed by atoms with E-state index in [2.05, 4.69) is 5.32 Å². The molecule has 0 amide bonds. The third-order valence-electron chi connectivity index (χ3n) is 4.99. The maximum Gasteiger partial charge on any atom is 0.268 e. The number of halogens is 1. The van der Waals surface area contributed by atoms with Crippen molar-refractivity contribution in [3.05, 3.63) is 71.7 Å². The fourth-order valence-electron chi connectivity index (χ4n) is 3.72. The Labute approximate surface area is 157 Å². The van der Waals surface area contributed by atoms with Crippen LogP contribution in [0.5, 0.6) is 5.75 Å². The summed E-state index contributed by atoms with van der Waals surface area (Å²) in [6, 6.07) is 13.4. The number of hydrogen-bond donors (Lipinski definition) is 2. The predicted molar refractivity (Wildman–Crippen MR) is 101 cm³/mol. The molecule has 5 nitrogen and oxygen atoms in total. The Kier molecular flexibility index (Phi) is 4.28. The minimum absolute atomic E-state index is 0.0196. The highest BCUT2D eigenvalue weighted by molar-refractivity contribution is 7.90. The summed E-state index contributed by atoms with van der Waals surface area (Å²) in [7, 11) is -2.19. The third-order valence-corrected chi connectivity index (χ3v) is 6.74. The van der Waals surface area contributed by atoms with Crippen molar-refractivity contribution in [1.82, 2.24) is 9.29 Å². The number of benzene rings is 2. The highest BCUT2D eigenvalue weighted by Crippen LogP contribution is 2.40. The smallest absolute Gasteiger partial charge is 0.268 e. The Hall–Kier alpha value is -2.64. The van der Waals surface area contributed by atoms with E-state index in [-0.39, 0.29) is 22.3 Å². The van der Waals surface area contributed by atoms with E-state index in [0.717, 1.165) is 12.0 Å². The van der Waals surface area contributed by atoms with Gasteiger partial charge in [-0.1, -0.05) is 18.2 Å². The molecular formula is C20H19FN2O3S. The van der Waals surface area contributed by atoms with E-state index in [1.54, 1.807) is 24.3 Å². The van der Waals surface area contributed by atoms with Gasteiger partial charge in [-0.05, 0) is 55.8 Å². The van der Waals surface area contributed by atoms with E-state index in [4.69, 9.17) is 0 Å². The summed E-state index contributed by atoms with van der Waals surface area (Å²) in [5, 5.41) is 12.9. The van der Waals surface area contributed by atoms with E-state index in [1.165, 1.54) is 34.3 Å². The number of fused-ring (bicyclic) bond motifs is 1. The first-order valence-corrected chi connectivity index (χ1v) is 10.1. The van der Waals surface area contributed by atoms with Crippen molar-refractivity contribution in [2.45, 2.75) is 23.8 Å². The Morgan fingerprint density at radius 2 is 1.93 bits per heavy atom. The average Bonchev–Trinajstić information content (AvgIpc) is 3.20. The van der Waals surface area contributed by atoms with Crippen LogP contribution >= 0.6 is 0 Å². The molecule has 1 aliphatic carbocycles. The summed E-state index contributed by atoms with van der Waals surface area (Å²) in [5.74, 6) is -0.623. The van der Waals surface area contributed by atoms with Gasteiger partial charge in [-0.15, -0.1) is 0 Å². The van der Waals surface area contributed by atoms with Crippen LogP contribution in [0.3, 0.4) is 0 Å². The fourth-order valence-corrected chi connectivity index (χ4v) is 5.34. The maximum absolute atomic E-state index is 14.5. The van der Waals surface area contributed by atoms with Gasteiger partial charge in [0, 0.05) is 23.4 Å².